The molecule has 30 heavy (non-hydrogen) atoms. The van der Waals surface area contributed by atoms with Crippen LogP contribution in [0.5, 0.6) is 0 Å². The number of hydrogen-bond acceptors (Lipinski definition) is 4. The number of hydrogen-bond donors (Lipinski definition) is 1. The Hall–Kier alpha value is -3.64. The van der Waals surface area contributed by atoms with Crippen molar-refractivity contribution in [2.24, 2.45) is 0 Å². The van der Waals surface area contributed by atoms with E-state index < -0.39 is 11.9 Å². The zero-order valence-corrected chi connectivity index (χ0v) is 16.8. The van der Waals surface area contributed by atoms with Crippen LogP contribution in [0.2, 0.25) is 5.02 Å². The molecule has 4 aromatic rings. The first-order valence-electron chi connectivity index (χ1n) is 9.13. The number of ether oxygens (including phenoxy) is 1. The zero-order chi connectivity index (χ0) is 21.3. The molecule has 0 aliphatic heterocycles. The Kier molecular flexibility index (Phi) is 5.25. The molecule has 0 saturated carbocycles. The number of benzene rings is 3. The number of rotatable bonds is 5. The number of methoxy groups -OCH3 is 1. The highest BCUT2D eigenvalue weighted by atomic mass is 35.5. The summed E-state index contributed by atoms with van der Waals surface area (Å²) >= 11 is 6.01. The first-order chi connectivity index (χ1) is 14.5. The fourth-order valence-electron chi connectivity index (χ4n) is 3.29. The number of fused-ring (bicyclic) bond motifs is 1. The van der Waals surface area contributed by atoms with Crippen LogP contribution in [0.3, 0.4) is 0 Å². The van der Waals surface area contributed by atoms with Crippen LogP contribution in [-0.2, 0) is 11.3 Å². The van der Waals surface area contributed by atoms with Crippen LogP contribution in [0.1, 0.15) is 26.3 Å². The maximum Gasteiger partial charge on any atom is 0.337 e. The summed E-state index contributed by atoms with van der Waals surface area (Å²) in [7, 11) is 1.33. The van der Waals surface area contributed by atoms with Crippen molar-refractivity contribution in [3.8, 4) is 11.4 Å². The van der Waals surface area contributed by atoms with Crippen LogP contribution in [0.15, 0.2) is 66.7 Å². The average molecular weight is 421 g/mol. The molecule has 0 unspecified atom stereocenters. The number of aromatic carboxylic acids is 1. The second kappa shape index (κ2) is 8.00. The van der Waals surface area contributed by atoms with Gasteiger partial charge in [-0.3, -0.25) is 0 Å². The predicted molar refractivity (Wildman–Crippen MR) is 114 cm³/mol. The molecule has 1 N–H and O–H groups in total. The van der Waals surface area contributed by atoms with Gasteiger partial charge >= 0.3 is 11.9 Å². The summed E-state index contributed by atoms with van der Waals surface area (Å²) in [5, 5.41) is 9.82. The van der Waals surface area contributed by atoms with Gasteiger partial charge in [-0.05, 0) is 48.0 Å². The molecule has 4 rings (SSSR count). The standard InChI is InChI=1S/C23H17ClN2O4/c1-30-23(29)17-8-11-20-19(12-17)25-21(15-4-6-16(7-5-15)22(27)28)26(20)13-14-2-9-18(24)10-3-14/h2-12H,13H2,1H3,(H,27,28). The van der Waals surface area contributed by atoms with Gasteiger partial charge in [0.1, 0.15) is 5.82 Å². The van der Waals surface area contributed by atoms with E-state index in [2.05, 4.69) is 0 Å². The highest BCUT2D eigenvalue weighted by Crippen LogP contribution is 2.27. The molecule has 6 nitrogen and oxygen atoms in total. The normalized spacial score (nSPS) is 10.9. The summed E-state index contributed by atoms with van der Waals surface area (Å²) in [5.41, 5.74) is 3.89. The number of nitrogens with zero attached hydrogens (tertiary/aromatic N) is 2. The summed E-state index contributed by atoms with van der Waals surface area (Å²) in [6, 6.07) is 19.3. The first kappa shape index (κ1) is 19.7. The minimum Gasteiger partial charge on any atom is -0.478 e. The molecule has 0 aliphatic carbocycles. The van der Waals surface area contributed by atoms with Crippen molar-refractivity contribution in [2.45, 2.75) is 6.54 Å². The monoisotopic (exact) mass is 420 g/mol. The highest BCUT2D eigenvalue weighted by molar-refractivity contribution is 6.30. The lowest BCUT2D eigenvalue weighted by Crippen LogP contribution is -2.03. The lowest BCUT2D eigenvalue weighted by molar-refractivity contribution is 0.0600. The maximum atomic E-state index is 11.9. The molecule has 0 bridgehead atoms. The number of halogens is 1. The Balaban J connectivity index is 1.86. The van der Waals surface area contributed by atoms with Crippen molar-refractivity contribution in [3.05, 3.63) is 88.4 Å². The van der Waals surface area contributed by atoms with Gasteiger partial charge < -0.3 is 14.4 Å². The van der Waals surface area contributed by atoms with Crippen LogP contribution in [-0.4, -0.2) is 33.7 Å². The number of carboxylic acids is 1. The molecule has 0 fully saturated rings. The summed E-state index contributed by atoms with van der Waals surface area (Å²) < 4.78 is 6.83. The second-order valence-corrected chi connectivity index (χ2v) is 7.16. The van der Waals surface area contributed by atoms with Gasteiger partial charge in [-0.2, -0.15) is 0 Å². The van der Waals surface area contributed by atoms with Crippen molar-refractivity contribution in [3.63, 3.8) is 0 Å². The number of carbonyl (C=O) groups excluding carboxylic acids is 1. The first-order valence-corrected chi connectivity index (χ1v) is 9.51. The highest BCUT2D eigenvalue weighted by Gasteiger charge is 2.16. The van der Waals surface area contributed by atoms with E-state index >= 15 is 0 Å². The van der Waals surface area contributed by atoms with Gasteiger partial charge in [-0.1, -0.05) is 35.9 Å². The lowest BCUT2D eigenvalue weighted by Gasteiger charge is -2.10. The second-order valence-electron chi connectivity index (χ2n) is 6.73. The predicted octanol–water partition coefficient (Wildman–Crippen LogP) is 4.89. The Labute approximate surface area is 177 Å². The van der Waals surface area contributed by atoms with E-state index in [1.807, 2.05) is 34.9 Å². The van der Waals surface area contributed by atoms with Gasteiger partial charge in [0.05, 0.1) is 29.3 Å². The molecule has 0 saturated heterocycles. The maximum absolute atomic E-state index is 11.9. The zero-order valence-electron chi connectivity index (χ0n) is 16.0. The molecular formula is C23H17ClN2O4. The third-order valence-electron chi connectivity index (χ3n) is 4.81. The molecule has 1 heterocycles. The van der Waals surface area contributed by atoms with E-state index in [-0.39, 0.29) is 5.56 Å². The van der Waals surface area contributed by atoms with E-state index in [1.165, 1.54) is 7.11 Å². The molecule has 0 amide bonds. The number of aromatic nitrogens is 2. The number of imidazole rings is 1. The van der Waals surface area contributed by atoms with Crippen molar-refractivity contribution in [1.29, 1.82) is 0 Å². The van der Waals surface area contributed by atoms with E-state index in [4.69, 9.17) is 26.4 Å². The fourth-order valence-corrected chi connectivity index (χ4v) is 3.42. The molecule has 0 spiro atoms. The summed E-state index contributed by atoms with van der Waals surface area (Å²) in [6.07, 6.45) is 0. The Morgan fingerprint density at radius 3 is 2.30 bits per heavy atom. The lowest BCUT2D eigenvalue weighted by atomic mass is 10.1. The summed E-state index contributed by atoms with van der Waals surface area (Å²) in [6.45, 7) is 0.529. The van der Waals surface area contributed by atoms with Crippen molar-refractivity contribution < 1.29 is 19.4 Å². The van der Waals surface area contributed by atoms with Gasteiger partial charge in [-0.15, -0.1) is 0 Å². The minimum atomic E-state index is -0.987. The molecule has 0 aliphatic rings. The van der Waals surface area contributed by atoms with Gasteiger partial charge in [-0.25, -0.2) is 14.6 Å². The van der Waals surface area contributed by atoms with Gasteiger partial charge in [0.2, 0.25) is 0 Å². The third kappa shape index (κ3) is 3.77. The number of esters is 1. The molecule has 150 valence electrons. The smallest absolute Gasteiger partial charge is 0.337 e. The van der Waals surface area contributed by atoms with E-state index in [0.29, 0.717) is 28.5 Å². The molecule has 7 heteroatoms. The van der Waals surface area contributed by atoms with Gasteiger partial charge in [0, 0.05) is 17.1 Å². The Bertz CT molecular complexity index is 1240. The van der Waals surface area contributed by atoms with E-state index in [1.54, 1.807) is 36.4 Å². The van der Waals surface area contributed by atoms with Crippen molar-refractivity contribution in [2.75, 3.05) is 7.11 Å². The van der Waals surface area contributed by atoms with Crippen LogP contribution >= 0.6 is 11.6 Å². The minimum absolute atomic E-state index is 0.201. The Morgan fingerprint density at radius 1 is 1.00 bits per heavy atom. The third-order valence-corrected chi connectivity index (χ3v) is 5.07. The molecule has 1 aromatic heterocycles. The average Bonchev–Trinajstić information content (AvgIpc) is 3.12. The molecule has 3 aromatic carbocycles. The SMILES string of the molecule is COC(=O)c1ccc2c(c1)nc(-c1ccc(C(=O)O)cc1)n2Cc1ccc(Cl)cc1. The van der Waals surface area contributed by atoms with E-state index in [0.717, 1.165) is 16.6 Å². The van der Waals surface area contributed by atoms with Crippen molar-refractivity contribution in [1.82, 2.24) is 9.55 Å². The summed E-state index contributed by atoms with van der Waals surface area (Å²) in [5.74, 6) is -0.755. The molecule has 0 atom stereocenters. The van der Waals surface area contributed by atoms with Crippen LogP contribution in [0, 0.1) is 0 Å². The van der Waals surface area contributed by atoms with Crippen LogP contribution < -0.4 is 0 Å². The number of carboxylic acid groups (broad SMARTS) is 1. The van der Waals surface area contributed by atoms with E-state index in [9.17, 15) is 9.59 Å². The topological polar surface area (TPSA) is 81.4 Å². The van der Waals surface area contributed by atoms with Crippen LogP contribution in [0.4, 0.5) is 0 Å². The summed E-state index contributed by atoms with van der Waals surface area (Å²) in [4.78, 5) is 27.8. The number of carbonyl (C=O) groups is 2. The Morgan fingerprint density at radius 2 is 1.67 bits per heavy atom. The largest absolute Gasteiger partial charge is 0.478 e. The van der Waals surface area contributed by atoms with Crippen LogP contribution in [0.25, 0.3) is 22.4 Å². The van der Waals surface area contributed by atoms with Gasteiger partial charge in [0.25, 0.3) is 0 Å². The van der Waals surface area contributed by atoms with Crippen molar-refractivity contribution >= 4 is 34.6 Å². The molecule has 0 radical (unpaired) electrons. The van der Waals surface area contributed by atoms with Gasteiger partial charge in [0.15, 0.2) is 0 Å². The fraction of sp³-hybridized carbons (Fsp3) is 0.0870. The quantitative estimate of drug-likeness (QED) is 0.465. The molecular weight excluding hydrogens is 404 g/mol.